The van der Waals surface area contributed by atoms with Crippen molar-refractivity contribution in [2.24, 2.45) is 9.98 Å². The average molecular weight is 667 g/mol. The molecule has 4 heteroatoms. The summed E-state index contributed by atoms with van der Waals surface area (Å²) in [6.07, 6.45) is 0.311. The fraction of sp³-hybridized carbons (Fsp3) is 0.191. The fourth-order valence-electron chi connectivity index (χ4n) is 8.25. The van der Waals surface area contributed by atoms with Gasteiger partial charge in [0.2, 0.25) is 0 Å². The highest BCUT2D eigenvalue weighted by atomic mass is 16.5. The lowest BCUT2D eigenvalue weighted by atomic mass is 9.75. The van der Waals surface area contributed by atoms with Gasteiger partial charge in [0.1, 0.15) is 12.1 Å². The van der Waals surface area contributed by atoms with Crippen LogP contribution < -0.4 is 0 Å². The zero-order valence-corrected chi connectivity index (χ0v) is 29.6. The fourth-order valence-corrected chi connectivity index (χ4v) is 8.25. The molecule has 252 valence electrons. The number of rotatable bonds is 8. The van der Waals surface area contributed by atoms with Crippen LogP contribution in [0.15, 0.2) is 168 Å². The summed E-state index contributed by atoms with van der Waals surface area (Å²) in [4.78, 5) is 10.9. The van der Waals surface area contributed by atoms with Gasteiger partial charge < -0.3 is 9.47 Å². The Morgan fingerprint density at radius 1 is 0.392 bits per heavy atom. The Balaban J connectivity index is 1.30. The third-order valence-electron chi connectivity index (χ3n) is 10.6. The smallest absolute Gasteiger partial charge is 0.195 e. The second kappa shape index (κ2) is 13.2. The van der Waals surface area contributed by atoms with Crippen LogP contribution in [0.3, 0.4) is 0 Å². The van der Waals surface area contributed by atoms with E-state index in [0.29, 0.717) is 18.2 Å². The summed E-state index contributed by atoms with van der Waals surface area (Å²) < 4.78 is 14.7. The van der Waals surface area contributed by atoms with Crippen LogP contribution in [-0.4, -0.2) is 11.8 Å². The molecule has 4 nitrogen and oxygen atoms in total. The normalized spacial score (nSPS) is 18.7. The molecule has 2 heterocycles. The Hall–Kier alpha value is -5.74. The molecule has 6 aromatic carbocycles. The van der Waals surface area contributed by atoms with Gasteiger partial charge in [0.25, 0.3) is 0 Å². The number of benzene rings is 6. The van der Waals surface area contributed by atoms with Crippen LogP contribution in [0.25, 0.3) is 0 Å². The van der Waals surface area contributed by atoms with Crippen LogP contribution in [0.1, 0.15) is 74.1 Å². The first-order valence-electron chi connectivity index (χ1n) is 17.8. The van der Waals surface area contributed by atoms with E-state index in [-0.39, 0.29) is 12.1 Å². The van der Waals surface area contributed by atoms with Crippen LogP contribution in [0.2, 0.25) is 0 Å². The first-order chi connectivity index (χ1) is 24.9. The largest absolute Gasteiger partial charge is 0.462 e. The van der Waals surface area contributed by atoms with Crippen molar-refractivity contribution in [3.8, 4) is 0 Å². The molecule has 0 fully saturated rings. The monoisotopic (exact) mass is 666 g/mol. The zero-order chi connectivity index (χ0) is 35.0. The highest BCUT2D eigenvalue weighted by Crippen LogP contribution is 2.55. The van der Waals surface area contributed by atoms with Crippen molar-refractivity contribution in [2.45, 2.75) is 57.4 Å². The Labute approximate surface area is 301 Å². The molecule has 6 aromatic rings. The molecule has 0 spiro atoms. The molecule has 0 unspecified atom stereocenters. The molecule has 8 rings (SSSR count). The summed E-state index contributed by atoms with van der Waals surface area (Å²) in [5.74, 6) is 1.21. The molecule has 0 radical (unpaired) electrons. The predicted molar refractivity (Wildman–Crippen MR) is 206 cm³/mol. The van der Waals surface area contributed by atoms with Gasteiger partial charge in [-0.1, -0.05) is 158 Å². The van der Waals surface area contributed by atoms with Crippen LogP contribution in [0, 0.1) is 27.7 Å². The van der Waals surface area contributed by atoms with Crippen molar-refractivity contribution in [2.75, 3.05) is 0 Å². The third-order valence-corrected chi connectivity index (χ3v) is 10.6. The van der Waals surface area contributed by atoms with Gasteiger partial charge in [-0.05, 0) is 61.1 Å². The van der Waals surface area contributed by atoms with Crippen LogP contribution >= 0.6 is 0 Å². The molecule has 0 amide bonds. The molecule has 51 heavy (non-hydrogen) atoms. The molecular formula is C47H42N2O2. The van der Waals surface area contributed by atoms with Crippen LogP contribution in [-0.2, 0) is 20.7 Å². The van der Waals surface area contributed by atoms with Crippen molar-refractivity contribution in [1.29, 1.82) is 0 Å². The molecule has 0 N–H and O–H groups in total. The molecule has 2 aliphatic rings. The maximum Gasteiger partial charge on any atom is 0.195 e. The lowest BCUT2D eigenvalue weighted by Gasteiger charge is -2.37. The molecule has 0 saturated carbocycles. The van der Waals surface area contributed by atoms with Gasteiger partial charge in [0, 0.05) is 22.3 Å². The van der Waals surface area contributed by atoms with E-state index in [9.17, 15) is 0 Å². The van der Waals surface area contributed by atoms with Gasteiger partial charge >= 0.3 is 0 Å². The Morgan fingerprint density at radius 3 is 0.961 bits per heavy atom. The number of hydrogen-bond acceptors (Lipinski definition) is 4. The molecule has 0 saturated heterocycles. The van der Waals surface area contributed by atoms with E-state index in [4.69, 9.17) is 19.5 Å². The zero-order valence-electron chi connectivity index (χ0n) is 29.6. The van der Waals surface area contributed by atoms with E-state index >= 15 is 0 Å². The lowest BCUT2D eigenvalue weighted by Crippen LogP contribution is -2.37. The van der Waals surface area contributed by atoms with Gasteiger partial charge in [-0.3, -0.25) is 0 Å². The SMILES string of the molecule is Cc1ccccc1C1(c2ccccc2C)OC(CC2=N[C@H](c3ccccc3)C(c3ccccc3C)(c3ccccc3C)O2)=N[C@@H]1c1ccccc1. The molecular weight excluding hydrogens is 625 g/mol. The van der Waals surface area contributed by atoms with Crippen molar-refractivity contribution >= 4 is 11.8 Å². The first kappa shape index (κ1) is 32.5. The number of ether oxygens (including phenoxy) is 2. The highest BCUT2D eigenvalue weighted by Gasteiger charge is 2.55. The van der Waals surface area contributed by atoms with Crippen molar-refractivity contribution in [3.05, 3.63) is 213 Å². The summed E-state index contributed by atoms with van der Waals surface area (Å²) in [6.45, 7) is 8.64. The summed E-state index contributed by atoms with van der Waals surface area (Å²) in [5.41, 5.74) is 9.36. The van der Waals surface area contributed by atoms with Gasteiger partial charge in [0.15, 0.2) is 23.0 Å². The van der Waals surface area contributed by atoms with Gasteiger partial charge in [-0.2, -0.15) is 0 Å². The standard InChI is InChI=1S/C47H42N2O2/c1-32-19-11-15-27-38(32)46(39-28-16-12-20-33(39)2)44(36-23-7-5-8-24-36)48-42(50-46)31-43-49-45(37-25-9-6-10-26-37)47(51-43,40-29-17-13-21-34(40)3)41-30-18-14-22-35(41)4/h5-30,44-45H,31H2,1-4H3/t44-,45-/m1/s1. The summed E-state index contributed by atoms with van der Waals surface area (Å²) in [7, 11) is 0. The molecule has 0 aromatic heterocycles. The Morgan fingerprint density at radius 2 is 0.667 bits per heavy atom. The van der Waals surface area contributed by atoms with Crippen molar-refractivity contribution < 1.29 is 9.47 Å². The van der Waals surface area contributed by atoms with Crippen molar-refractivity contribution in [1.82, 2.24) is 0 Å². The quantitative estimate of drug-likeness (QED) is 0.162. The summed E-state index contributed by atoms with van der Waals surface area (Å²) in [5, 5.41) is 0. The van der Waals surface area contributed by atoms with Gasteiger partial charge in [-0.15, -0.1) is 0 Å². The minimum Gasteiger partial charge on any atom is -0.462 e. The predicted octanol–water partition coefficient (Wildman–Crippen LogP) is 10.8. The maximum absolute atomic E-state index is 7.37. The van der Waals surface area contributed by atoms with E-state index in [0.717, 1.165) is 55.6 Å². The molecule has 2 aliphatic heterocycles. The molecule has 0 bridgehead atoms. The minimum atomic E-state index is -0.894. The maximum atomic E-state index is 7.37. The first-order valence-corrected chi connectivity index (χ1v) is 17.8. The van der Waals surface area contributed by atoms with Crippen LogP contribution in [0.5, 0.6) is 0 Å². The third kappa shape index (κ3) is 5.47. The summed E-state index contributed by atoms with van der Waals surface area (Å²) >= 11 is 0. The van der Waals surface area contributed by atoms with E-state index in [1.54, 1.807) is 0 Å². The number of nitrogens with zero attached hydrogens (tertiary/aromatic N) is 2. The van der Waals surface area contributed by atoms with E-state index in [1.807, 2.05) is 0 Å². The second-order valence-corrected chi connectivity index (χ2v) is 13.8. The number of aliphatic imine (C=N–C) groups is 2. The minimum absolute atomic E-state index is 0.311. The lowest BCUT2D eigenvalue weighted by molar-refractivity contribution is 0.0859. The van der Waals surface area contributed by atoms with Gasteiger partial charge in [0.05, 0.1) is 6.42 Å². The summed E-state index contributed by atoms with van der Waals surface area (Å²) in [6, 6.07) is 54.5. The van der Waals surface area contributed by atoms with E-state index in [1.165, 1.54) is 0 Å². The van der Waals surface area contributed by atoms with Gasteiger partial charge in [-0.25, -0.2) is 9.98 Å². The highest BCUT2D eigenvalue weighted by molar-refractivity contribution is 5.99. The van der Waals surface area contributed by atoms with Crippen LogP contribution in [0.4, 0.5) is 0 Å². The topological polar surface area (TPSA) is 43.2 Å². The second-order valence-electron chi connectivity index (χ2n) is 13.8. The van der Waals surface area contributed by atoms with Crippen molar-refractivity contribution in [3.63, 3.8) is 0 Å². The molecule has 2 atom stereocenters. The number of aryl methyl sites for hydroxylation is 4. The Kier molecular flexibility index (Phi) is 8.39. The van der Waals surface area contributed by atoms with E-state index in [2.05, 4.69) is 185 Å². The Bertz CT molecular complexity index is 2000. The average Bonchev–Trinajstić information content (AvgIpc) is 3.73. The molecule has 0 aliphatic carbocycles. The number of hydrogen-bond donors (Lipinski definition) is 0. The van der Waals surface area contributed by atoms with E-state index < -0.39 is 11.2 Å².